The molecule has 0 bridgehead atoms. The molecule has 14 heavy (non-hydrogen) atoms. The smallest absolute Gasteiger partial charge is 0.299 e. The number of nitrogens with zero attached hydrogens (tertiary/aromatic N) is 4. The quantitative estimate of drug-likeness (QED) is 0.576. The maximum absolute atomic E-state index is 11.6. The number of imide groups is 1. The number of carbonyl (C=O) groups is 2. The van der Waals surface area contributed by atoms with Gasteiger partial charge in [0, 0.05) is 14.1 Å². The molecule has 0 aromatic carbocycles. The van der Waals surface area contributed by atoms with E-state index in [1.54, 1.807) is 7.05 Å². The number of halogens is 1. The fourth-order valence-electron chi connectivity index (χ4n) is 1.38. The van der Waals surface area contributed by atoms with E-state index < -0.39 is 12.1 Å². The van der Waals surface area contributed by atoms with E-state index in [1.807, 2.05) is 0 Å². The Morgan fingerprint density at radius 2 is 2.00 bits per heavy atom. The standard InChI is InChI=1S/C7H7BrN4O2/c1-11-4-3(9-6(8)10-4)5(13)12(2)7(11)14/h4H,1-2H3/t4-/m1/s1. The number of amidine groups is 1. The fraction of sp³-hybridized carbons (Fsp3) is 0.429. The lowest BCUT2D eigenvalue weighted by molar-refractivity contribution is -0.122. The second kappa shape index (κ2) is 2.88. The van der Waals surface area contributed by atoms with Crippen LogP contribution < -0.4 is 0 Å². The van der Waals surface area contributed by atoms with Crippen molar-refractivity contribution in [3.63, 3.8) is 0 Å². The second-order valence-corrected chi connectivity index (χ2v) is 3.74. The van der Waals surface area contributed by atoms with E-state index in [0.29, 0.717) is 4.74 Å². The maximum atomic E-state index is 11.6. The van der Waals surface area contributed by atoms with Crippen molar-refractivity contribution in [2.24, 2.45) is 9.98 Å². The Hall–Kier alpha value is -1.24. The SMILES string of the molecule is CN1C(=O)C2=NC(Br)=N[C@@H]2N(C)C1=O. The average molecular weight is 259 g/mol. The van der Waals surface area contributed by atoms with Gasteiger partial charge in [0.25, 0.3) is 5.91 Å². The summed E-state index contributed by atoms with van der Waals surface area (Å²) >= 11 is 3.08. The van der Waals surface area contributed by atoms with Gasteiger partial charge in [-0.1, -0.05) is 0 Å². The van der Waals surface area contributed by atoms with Crippen LogP contribution in [0.15, 0.2) is 9.98 Å². The Morgan fingerprint density at radius 3 is 2.64 bits per heavy atom. The molecule has 2 rings (SSSR count). The van der Waals surface area contributed by atoms with Gasteiger partial charge in [0.2, 0.25) is 0 Å². The molecule has 1 fully saturated rings. The third-order valence-corrected chi connectivity index (χ3v) is 2.55. The predicted molar refractivity (Wildman–Crippen MR) is 53.5 cm³/mol. The van der Waals surface area contributed by atoms with Crippen molar-refractivity contribution in [1.29, 1.82) is 0 Å². The van der Waals surface area contributed by atoms with Crippen LogP contribution in [0.25, 0.3) is 0 Å². The largest absolute Gasteiger partial charge is 0.328 e. The zero-order valence-electron chi connectivity index (χ0n) is 7.56. The van der Waals surface area contributed by atoms with Crippen LogP contribution in [-0.2, 0) is 4.79 Å². The summed E-state index contributed by atoms with van der Waals surface area (Å²) < 4.78 is 0.348. The number of hydrogen-bond donors (Lipinski definition) is 0. The first-order valence-electron chi connectivity index (χ1n) is 3.89. The average Bonchev–Trinajstić information content (AvgIpc) is 2.54. The zero-order chi connectivity index (χ0) is 10.5. The van der Waals surface area contributed by atoms with E-state index in [2.05, 4.69) is 25.9 Å². The Kier molecular flexibility index (Phi) is 1.91. The lowest BCUT2D eigenvalue weighted by Gasteiger charge is -2.32. The first kappa shape index (κ1) is 9.32. The molecule has 0 spiro atoms. The summed E-state index contributed by atoms with van der Waals surface area (Å²) in [6, 6.07) is -0.370. The third-order valence-electron chi connectivity index (χ3n) is 2.17. The fourth-order valence-corrected chi connectivity index (χ4v) is 1.76. The first-order valence-corrected chi connectivity index (χ1v) is 4.68. The van der Waals surface area contributed by atoms with Gasteiger partial charge in [0.05, 0.1) is 0 Å². The van der Waals surface area contributed by atoms with Crippen molar-refractivity contribution in [1.82, 2.24) is 9.80 Å². The van der Waals surface area contributed by atoms with Gasteiger partial charge in [-0.25, -0.2) is 14.8 Å². The molecule has 0 N–H and O–H groups in total. The molecule has 0 aromatic rings. The van der Waals surface area contributed by atoms with E-state index in [4.69, 9.17) is 0 Å². The number of hydrogen-bond acceptors (Lipinski definition) is 4. The van der Waals surface area contributed by atoms with Gasteiger partial charge in [0.15, 0.2) is 16.6 Å². The van der Waals surface area contributed by atoms with Crippen molar-refractivity contribution < 1.29 is 9.59 Å². The van der Waals surface area contributed by atoms with Crippen LogP contribution in [0.3, 0.4) is 0 Å². The highest BCUT2D eigenvalue weighted by Gasteiger charge is 2.42. The number of carbonyl (C=O) groups excluding carboxylic acids is 2. The van der Waals surface area contributed by atoms with E-state index in [0.717, 1.165) is 4.90 Å². The molecule has 0 aromatic heterocycles. The Bertz CT molecular complexity index is 389. The molecular weight excluding hydrogens is 252 g/mol. The normalized spacial score (nSPS) is 26.4. The lowest BCUT2D eigenvalue weighted by atomic mass is 10.2. The summed E-state index contributed by atoms with van der Waals surface area (Å²) in [5.74, 6) is -0.392. The van der Waals surface area contributed by atoms with E-state index in [-0.39, 0.29) is 11.7 Å². The van der Waals surface area contributed by atoms with Crippen molar-refractivity contribution in [3.05, 3.63) is 0 Å². The zero-order valence-corrected chi connectivity index (χ0v) is 9.15. The van der Waals surface area contributed by atoms with Crippen molar-refractivity contribution >= 4 is 38.3 Å². The molecule has 2 aliphatic heterocycles. The van der Waals surface area contributed by atoms with Gasteiger partial charge in [-0.3, -0.25) is 14.6 Å². The monoisotopic (exact) mass is 258 g/mol. The molecule has 1 saturated heterocycles. The van der Waals surface area contributed by atoms with Gasteiger partial charge < -0.3 is 0 Å². The number of rotatable bonds is 0. The number of aliphatic imine (C=N–C) groups is 2. The molecule has 6 nitrogen and oxygen atoms in total. The minimum atomic E-state index is -0.569. The molecule has 2 aliphatic rings. The van der Waals surface area contributed by atoms with Crippen LogP contribution >= 0.6 is 15.9 Å². The molecule has 0 saturated carbocycles. The summed E-state index contributed by atoms with van der Waals surface area (Å²) in [6.45, 7) is 0. The van der Waals surface area contributed by atoms with E-state index in [1.165, 1.54) is 11.9 Å². The number of amides is 3. The Balaban J connectivity index is 2.44. The molecule has 0 unspecified atom stereocenters. The topological polar surface area (TPSA) is 65.3 Å². The maximum Gasteiger partial charge on any atom is 0.328 e. The van der Waals surface area contributed by atoms with Gasteiger partial charge >= 0.3 is 6.03 Å². The number of urea groups is 1. The second-order valence-electron chi connectivity index (χ2n) is 3.03. The van der Waals surface area contributed by atoms with Gasteiger partial charge in [-0.2, -0.15) is 0 Å². The summed E-state index contributed by atoms with van der Waals surface area (Å²) in [5.41, 5.74) is 0.279. The van der Waals surface area contributed by atoms with Crippen LogP contribution in [0, 0.1) is 0 Å². The van der Waals surface area contributed by atoms with Crippen molar-refractivity contribution in [2.75, 3.05) is 14.1 Å². The third kappa shape index (κ3) is 1.08. The van der Waals surface area contributed by atoms with Gasteiger partial charge in [-0.15, -0.1) is 0 Å². The summed E-state index contributed by atoms with van der Waals surface area (Å²) in [5, 5.41) is 0. The molecule has 1 atom stereocenters. The molecule has 2 heterocycles. The highest BCUT2D eigenvalue weighted by molar-refractivity contribution is 9.18. The van der Waals surface area contributed by atoms with E-state index >= 15 is 0 Å². The molecule has 0 aliphatic carbocycles. The Morgan fingerprint density at radius 1 is 1.36 bits per heavy atom. The summed E-state index contributed by atoms with van der Waals surface area (Å²) in [6.07, 6.45) is -0.569. The molecule has 74 valence electrons. The molecule has 0 radical (unpaired) electrons. The van der Waals surface area contributed by atoms with E-state index in [9.17, 15) is 9.59 Å². The predicted octanol–water partition coefficient (Wildman–Crippen LogP) is 0.0418. The number of fused-ring (bicyclic) bond motifs is 1. The van der Waals surface area contributed by atoms with Crippen LogP contribution in [0.1, 0.15) is 0 Å². The summed E-state index contributed by atoms with van der Waals surface area (Å²) in [7, 11) is 3.01. The lowest BCUT2D eigenvalue weighted by Crippen LogP contribution is -2.58. The van der Waals surface area contributed by atoms with Gasteiger partial charge in [-0.05, 0) is 15.9 Å². The minimum Gasteiger partial charge on any atom is -0.299 e. The van der Waals surface area contributed by atoms with Gasteiger partial charge in [0.1, 0.15) is 0 Å². The minimum absolute atomic E-state index is 0.279. The first-order chi connectivity index (χ1) is 6.52. The van der Waals surface area contributed by atoms with Crippen LogP contribution in [-0.4, -0.2) is 52.5 Å². The highest BCUT2D eigenvalue weighted by atomic mass is 79.9. The van der Waals surface area contributed by atoms with Crippen molar-refractivity contribution in [2.45, 2.75) is 6.17 Å². The molecule has 3 amide bonds. The van der Waals surface area contributed by atoms with Crippen LogP contribution in [0.2, 0.25) is 0 Å². The molecule has 7 heteroatoms. The summed E-state index contributed by atoms with van der Waals surface area (Å²) in [4.78, 5) is 33.4. The highest BCUT2D eigenvalue weighted by Crippen LogP contribution is 2.19. The van der Waals surface area contributed by atoms with Crippen LogP contribution in [0.5, 0.6) is 0 Å². The van der Waals surface area contributed by atoms with Crippen molar-refractivity contribution in [3.8, 4) is 0 Å². The Labute approximate surface area is 88.4 Å². The molecular formula is C7H7BrN4O2. The van der Waals surface area contributed by atoms with Crippen LogP contribution in [0.4, 0.5) is 4.79 Å².